The summed E-state index contributed by atoms with van der Waals surface area (Å²) >= 11 is 1.51. The molecule has 0 aliphatic carbocycles. The average molecular weight is 345 g/mol. The minimum atomic E-state index is -0.322. The van der Waals surface area contributed by atoms with Crippen LogP contribution in [0.1, 0.15) is 25.7 Å². The van der Waals surface area contributed by atoms with Gasteiger partial charge in [-0.25, -0.2) is 0 Å². The van der Waals surface area contributed by atoms with Crippen LogP contribution in [0.2, 0.25) is 0 Å². The second kappa shape index (κ2) is 6.76. The Labute approximate surface area is 146 Å². The quantitative estimate of drug-likeness (QED) is 0.893. The summed E-state index contributed by atoms with van der Waals surface area (Å²) in [6, 6.07) is 8.29. The molecule has 3 aliphatic heterocycles. The van der Waals surface area contributed by atoms with E-state index in [-0.39, 0.29) is 23.5 Å². The van der Waals surface area contributed by atoms with Gasteiger partial charge in [-0.1, -0.05) is 18.6 Å². The number of rotatable bonds is 2. The van der Waals surface area contributed by atoms with Crippen molar-refractivity contribution in [3.63, 3.8) is 0 Å². The lowest BCUT2D eigenvalue weighted by atomic mass is 9.99. The summed E-state index contributed by atoms with van der Waals surface area (Å²) in [6.07, 6.45) is 4.02. The van der Waals surface area contributed by atoms with Gasteiger partial charge >= 0.3 is 0 Å². The van der Waals surface area contributed by atoms with Crippen molar-refractivity contribution in [3.05, 3.63) is 24.3 Å². The van der Waals surface area contributed by atoms with Gasteiger partial charge in [0.25, 0.3) is 0 Å². The summed E-state index contributed by atoms with van der Waals surface area (Å²) < 4.78 is 0. The molecule has 2 unspecified atom stereocenters. The molecule has 3 heterocycles. The Morgan fingerprint density at radius 1 is 1.21 bits per heavy atom. The standard InChI is InChI=1S/C18H23N3O2S/c22-17(21-10-9-20-8-4-3-5-13(20)12-21)11-16-18(23)19-14-6-1-2-7-15(14)24-16/h1-2,6-7,13,16H,3-5,8-12H2,(H,19,23). The highest BCUT2D eigenvalue weighted by atomic mass is 32.2. The predicted molar refractivity (Wildman–Crippen MR) is 95.1 cm³/mol. The Kier molecular flexibility index (Phi) is 4.50. The van der Waals surface area contributed by atoms with Crippen LogP contribution < -0.4 is 5.32 Å². The molecule has 1 aromatic carbocycles. The van der Waals surface area contributed by atoms with Crippen molar-refractivity contribution >= 4 is 29.3 Å². The fourth-order valence-corrected chi connectivity index (χ4v) is 5.00. The number of carbonyl (C=O) groups excluding carboxylic acids is 2. The zero-order chi connectivity index (χ0) is 16.5. The normalized spacial score (nSPS) is 27.2. The topological polar surface area (TPSA) is 52.7 Å². The third kappa shape index (κ3) is 3.17. The van der Waals surface area contributed by atoms with Crippen molar-refractivity contribution in [2.75, 3.05) is 31.5 Å². The van der Waals surface area contributed by atoms with Crippen LogP contribution in [-0.4, -0.2) is 59.1 Å². The average Bonchev–Trinajstić information content (AvgIpc) is 2.62. The van der Waals surface area contributed by atoms with E-state index in [1.807, 2.05) is 29.2 Å². The number of piperidine rings is 1. The van der Waals surface area contributed by atoms with Crippen molar-refractivity contribution in [2.24, 2.45) is 0 Å². The molecule has 0 aromatic heterocycles. The van der Waals surface area contributed by atoms with E-state index in [4.69, 9.17) is 0 Å². The van der Waals surface area contributed by atoms with Crippen LogP contribution in [0.25, 0.3) is 0 Å². The van der Waals surface area contributed by atoms with Crippen LogP contribution >= 0.6 is 11.8 Å². The van der Waals surface area contributed by atoms with Gasteiger partial charge < -0.3 is 10.2 Å². The Morgan fingerprint density at radius 2 is 2.08 bits per heavy atom. The lowest BCUT2D eigenvalue weighted by Crippen LogP contribution is -2.56. The van der Waals surface area contributed by atoms with E-state index >= 15 is 0 Å². The summed E-state index contributed by atoms with van der Waals surface area (Å²) in [7, 11) is 0. The molecule has 3 aliphatic rings. The van der Waals surface area contributed by atoms with Gasteiger partial charge in [0.15, 0.2) is 0 Å². The number of nitrogens with zero attached hydrogens (tertiary/aromatic N) is 2. The summed E-state index contributed by atoms with van der Waals surface area (Å²) in [4.78, 5) is 30.5. The third-order valence-electron chi connectivity index (χ3n) is 5.26. The van der Waals surface area contributed by atoms with E-state index < -0.39 is 0 Å². The highest BCUT2D eigenvalue weighted by Gasteiger charge is 2.34. The van der Waals surface area contributed by atoms with Gasteiger partial charge in [-0.15, -0.1) is 11.8 Å². The first-order valence-corrected chi connectivity index (χ1v) is 9.67. The van der Waals surface area contributed by atoms with E-state index in [0.717, 1.165) is 30.2 Å². The van der Waals surface area contributed by atoms with Crippen LogP contribution in [0.4, 0.5) is 5.69 Å². The number of benzene rings is 1. The van der Waals surface area contributed by atoms with Crippen molar-refractivity contribution in [3.8, 4) is 0 Å². The summed E-state index contributed by atoms with van der Waals surface area (Å²) in [5.74, 6) is 0.0654. The van der Waals surface area contributed by atoms with Crippen LogP contribution in [0.3, 0.4) is 0 Å². The number of nitrogens with one attached hydrogen (secondary N) is 1. The number of thioether (sulfide) groups is 1. The molecule has 0 radical (unpaired) electrons. The lowest BCUT2D eigenvalue weighted by Gasteiger charge is -2.44. The van der Waals surface area contributed by atoms with Crippen LogP contribution in [0.15, 0.2) is 29.2 Å². The molecule has 0 saturated carbocycles. The highest BCUT2D eigenvalue weighted by Crippen LogP contribution is 2.37. The molecule has 24 heavy (non-hydrogen) atoms. The smallest absolute Gasteiger partial charge is 0.238 e. The van der Waals surface area contributed by atoms with E-state index in [1.54, 1.807) is 0 Å². The Morgan fingerprint density at radius 3 is 3.00 bits per heavy atom. The molecule has 2 atom stereocenters. The monoisotopic (exact) mass is 345 g/mol. The van der Waals surface area contributed by atoms with Gasteiger partial charge in [-0.3, -0.25) is 14.5 Å². The van der Waals surface area contributed by atoms with Gasteiger partial charge in [0.1, 0.15) is 0 Å². The van der Waals surface area contributed by atoms with E-state index in [0.29, 0.717) is 6.04 Å². The molecule has 2 fully saturated rings. The van der Waals surface area contributed by atoms with E-state index in [2.05, 4.69) is 10.2 Å². The predicted octanol–water partition coefficient (Wildman–Crippen LogP) is 2.19. The molecule has 4 rings (SSSR count). The summed E-state index contributed by atoms with van der Waals surface area (Å²) in [5, 5.41) is 2.60. The maximum Gasteiger partial charge on any atom is 0.238 e. The molecule has 1 aromatic rings. The minimum Gasteiger partial charge on any atom is -0.340 e. The zero-order valence-corrected chi connectivity index (χ0v) is 14.6. The van der Waals surface area contributed by atoms with Crippen LogP contribution in [0, 0.1) is 0 Å². The van der Waals surface area contributed by atoms with E-state index in [9.17, 15) is 9.59 Å². The molecule has 2 amide bonds. The Hall–Kier alpha value is -1.53. The number of piperazine rings is 1. The van der Waals surface area contributed by atoms with Gasteiger partial charge in [0.2, 0.25) is 11.8 Å². The van der Waals surface area contributed by atoms with Gasteiger partial charge in [-0.05, 0) is 31.5 Å². The molecule has 1 N–H and O–H groups in total. The minimum absolute atomic E-state index is 0.0525. The fourth-order valence-electron chi connectivity index (χ4n) is 3.90. The van der Waals surface area contributed by atoms with Crippen molar-refractivity contribution < 1.29 is 9.59 Å². The molecular formula is C18H23N3O2S. The zero-order valence-electron chi connectivity index (χ0n) is 13.7. The lowest BCUT2D eigenvalue weighted by molar-refractivity contribution is -0.135. The van der Waals surface area contributed by atoms with Gasteiger partial charge in [0.05, 0.1) is 10.9 Å². The van der Waals surface area contributed by atoms with E-state index in [1.165, 1.54) is 37.6 Å². The maximum atomic E-state index is 12.7. The molecule has 2 saturated heterocycles. The van der Waals surface area contributed by atoms with Crippen molar-refractivity contribution in [1.29, 1.82) is 0 Å². The Balaban J connectivity index is 1.38. The fraction of sp³-hybridized carbons (Fsp3) is 0.556. The largest absolute Gasteiger partial charge is 0.340 e. The van der Waals surface area contributed by atoms with Crippen molar-refractivity contribution in [1.82, 2.24) is 9.80 Å². The van der Waals surface area contributed by atoms with Crippen molar-refractivity contribution in [2.45, 2.75) is 41.9 Å². The molecule has 128 valence electrons. The highest BCUT2D eigenvalue weighted by molar-refractivity contribution is 8.01. The maximum absolute atomic E-state index is 12.7. The SMILES string of the molecule is O=C1Nc2ccccc2SC1CC(=O)N1CCN2CCCCC2C1. The first-order valence-electron chi connectivity index (χ1n) is 8.79. The third-order valence-corrected chi connectivity index (χ3v) is 6.53. The number of para-hydroxylation sites is 1. The van der Waals surface area contributed by atoms with Crippen LogP contribution in [-0.2, 0) is 9.59 Å². The number of anilines is 1. The number of carbonyl (C=O) groups is 2. The first kappa shape index (κ1) is 16.0. The second-order valence-electron chi connectivity index (χ2n) is 6.82. The second-order valence-corrected chi connectivity index (χ2v) is 8.07. The molecule has 0 bridgehead atoms. The number of hydrogen-bond donors (Lipinski definition) is 1. The first-order chi connectivity index (χ1) is 11.7. The van der Waals surface area contributed by atoms with Crippen LogP contribution in [0.5, 0.6) is 0 Å². The molecule has 6 heteroatoms. The number of hydrogen-bond acceptors (Lipinski definition) is 4. The molecule has 0 spiro atoms. The van der Waals surface area contributed by atoms with Gasteiger partial charge in [-0.2, -0.15) is 0 Å². The summed E-state index contributed by atoms with van der Waals surface area (Å²) in [6.45, 7) is 3.77. The van der Waals surface area contributed by atoms with Gasteiger partial charge in [0, 0.05) is 37.0 Å². The molecular weight excluding hydrogens is 322 g/mol. The number of amides is 2. The number of fused-ring (bicyclic) bond motifs is 2. The summed E-state index contributed by atoms with van der Waals surface area (Å²) in [5.41, 5.74) is 0.854. The molecule has 5 nitrogen and oxygen atoms in total. The Bertz CT molecular complexity index is 651.